The lowest BCUT2D eigenvalue weighted by atomic mass is 9.86. The number of nitrogens with one attached hydrogen (secondary N) is 1. The van der Waals surface area contributed by atoms with Gasteiger partial charge in [-0.1, -0.05) is 0 Å². The lowest BCUT2D eigenvalue weighted by Gasteiger charge is -2.26. The monoisotopic (exact) mass is 200 g/mol. The summed E-state index contributed by atoms with van der Waals surface area (Å²) in [4.78, 5) is 0. The van der Waals surface area contributed by atoms with Gasteiger partial charge in [-0.2, -0.15) is 0 Å². The Morgan fingerprint density at radius 3 is 2.57 bits per heavy atom. The Hall–Kier alpha value is -0.120. The van der Waals surface area contributed by atoms with Gasteiger partial charge in [-0.15, -0.1) is 0 Å². The average Bonchev–Trinajstić information content (AvgIpc) is 2.21. The fourth-order valence-electron chi connectivity index (χ4n) is 1.97. The molecule has 0 saturated heterocycles. The Morgan fingerprint density at radius 2 is 2.00 bits per heavy atom. The van der Waals surface area contributed by atoms with Crippen molar-refractivity contribution in [1.82, 2.24) is 5.32 Å². The summed E-state index contributed by atoms with van der Waals surface area (Å²) >= 11 is 0. The molecule has 0 spiro atoms. The third-order valence-corrected chi connectivity index (χ3v) is 3.16. The van der Waals surface area contributed by atoms with Gasteiger partial charge < -0.3 is 15.8 Å². The zero-order chi connectivity index (χ0) is 10.4. The molecule has 1 aliphatic rings. The molecule has 1 unspecified atom stereocenters. The zero-order valence-electron chi connectivity index (χ0n) is 9.46. The van der Waals surface area contributed by atoms with Crippen molar-refractivity contribution >= 4 is 0 Å². The smallest absolute Gasteiger partial charge is 0.0667 e. The molecule has 0 heterocycles. The second kappa shape index (κ2) is 6.38. The summed E-state index contributed by atoms with van der Waals surface area (Å²) in [6.45, 7) is 4.17. The van der Waals surface area contributed by atoms with Gasteiger partial charge in [0.15, 0.2) is 0 Å². The van der Waals surface area contributed by atoms with Crippen LogP contribution < -0.4 is 11.1 Å². The van der Waals surface area contributed by atoms with Crippen LogP contribution in [0.1, 0.15) is 32.6 Å². The maximum Gasteiger partial charge on any atom is 0.0667 e. The van der Waals surface area contributed by atoms with E-state index < -0.39 is 0 Å². The zero-order valence-corrected chi connectivity index (χ0v) is 9.46. The molecule has 0 aliphatic heterocycles. The van der Waals surface area contributed by atoms with Crippen LogP contribution >= 0.6 is 0 Å². The molecule has 1 saturated carbocycles. The van der Waals surface area contributed by atoms with Gasteiger partial charge in [-0.25, -0.2) is 0 Å². The van der Waals surface area contributed by atoms with Crippen molar-refractivity contribution in [2.24, 2.45) is 11.7 Å². The third kappa shape index (κ3) is 4.40. The second-order valence-corrected chi connectivity index (χ2v) is 4.49. The first kappa shape index (κ1) is 12.0. The van der Waals surface area contributed by atoms with E-state index in [1.165, 1.54) is 25.7 Å². The van der Waals surface area contributed by atoms with Crippen molar-refractivity contribution in [3.05, 3.63) is 0 Å². The first-order valence-corrected chi connectivity index (χ1v) is 5.71. The molecule has 3 N–H and O–H groups in total. The van der Waals surface area contributed by atoms with E-state index in [-0.39, 0.29) is 0 Å². The van der Waals surface area contributed by atoms with Crippen LogP contribution in [0.25, 0.3) is 0 Å². The molecule has 1 atom stereocenters. The van der Waals surface area contributed by atoms with E-state index in [4.69, 9.17) is 10.5 Å². The number of ether oxygens (including phenoxy) is 1. The van der Waals surface area contributed by atoms with Gasteiger partial charge in [0, 0.05) is 19.7 Å². The molecule has 3 nitrogen and oxygen atoms in total. The average molecular weight is 200 g/mol. The van der Waals surface area contributed by atoms with E-state index in [2.05, 4.69) is 12.2 Å². The quantitative estimate of drug-likeness (QED) is 0.699. The largest absolute Gasteiger partial charge is 0.380 e. The second-order valence-electron chi connectivity index (χ2n) is 4.49. The van der Waals surface area contributed by atoms with E-state index in [1.807, 2.05) is 0 Å². The number of hydrogen-bond acceptors (Lipinski definition) is 3. The van der Waals surface area contributed by atoms with E-state index in [1.54, 1.807) is 7.11 Å². The maximum atomic E-state index is 5.85. The molecule has 0 aromatic rings. The summed E-state index contributed by atoms with van der Waals surface area (Å²) in [6, 6.07) is 0.462. The summed E-state index contributed by atoms with van der Waals surface area (Å²) in [5.74, 6) is 0.832. The topological polar surface area (TPSA) is 47.3 Å². The lowest BCUT2D eigenvalue weighted by molar-refractivity contribution is 0.115. The van der Waals surface area contributed by atoms with Crippen molar-refractivity contribution in [3.8, 4) is 0 Å². The van der Waals surface area contributed by atoms with Crippen LogP contribution in [-0.2, 0) is 4.74 Å². The van der Waals surface area contributed by atoms with Crippen LogP contribution in [0.3, 0.4) is 0 Å². The molecule has 84 valence electrons. The minimum atomic E-state index is 0.320. The fourth-order valence-corrected chi connectivity index (χ4v) is 1.97. The third-order valence-electron chi connectivity index (χ3n) is 3.16. The Morgan fingerprint density at radius 1 is 1.36 bits per heavy atom. The molecular formula is C11H24N2O. The van der Waals surface area contributed by atoms with Gasteiger partial charge in [-0.05, 0) is 45.1 Å². The number of hydrogen-bond donors (Lipinski definition) is 2. The minimum Gasteiger partial charge on any atom is -0.380 e. The molecule has 1 fully saturated rings. The summed E-state index contributed by atoms with van der Waals surface area (Å²) in [5.41, 5.74) is 5.85. The summed E-state index contributed by atoms with van der Waals surface area (Å²) in [7, 11) is 1.76. The molecular weight excluding hydrogens is 176 g/mol. The van der Waals surface area contributed by atoms with E-state index in [0.717, 1.165) is 19.0 Å². The summed E-state index contributed by atoms with van der Waals surface area (Å²) in [5, 5.41) is 3.45. The first-order chi connectivity index (χ1) is 6.72. The van der Waals surface area contributed by atoms with Gasteiger partial charge >= 0.3 is 0 Å². The Kier molecular flexibility index (Phi) is 5.45. The highest BCUT2D eigenvalue weighted by molar-refractivity contribution is 4.75. The van der Waals surface area contributed by atoms with E-state index in [9.17, 15) is 0 Å². The van der Waals surface area contributed by atoms with Crippen molar-refractivity contribution in [2.45, 2.75) is 44.8 Å². The van der Waals surface area contributed by atoms with Crippen molar-refractivity contribution in [1.29, 1.82) is 0 Å². The molecule has 1 rings (SSSR count). The number of methoxy groups -OCH3 is 1. The van der Waals surface area contributed by atoms with Gasteiger partial charge in [0.05, 0.1) is 6.10 Å². The van der Waals surface area contributed by atoms with Crippen LogP contribution in [0.4, 0.5) is 0 Å². The van der Waals surface area contributed by atoms with Crippen LogP contribution in [0.2, 0.25) is 0 Å². The minimum absolute atomic E-state index is 0.320. The molecule has 14 heavy (non-hydrogen) atoms. The van der Waals surface area contributed by atoms with Crippen LogP contribution in [-0.4, -0.2) is 32.3 Å². The normalized spacial score (nSPS) is 30.2. The highest BCUT2D eigenvalue weighted by Crippen LogP contribution is 2.22. The maximum absolute atomic E-state index is 5.85. The molecule has 3 heteroatoms. The highest BCUT2D eigenvalue weighted by atomic mass is 16.5. The predicted octanol–water partition coefficient (Wildman–Crippen LogP) is 1.13. The number of nitrogens with two attached hydrogens (primary N) is 1. The molecule has 0 aromatic heterocycles. The fraction of sp³-hybridized carbons (Fsp3) is 1.00. The SMILES string of the molecule is COC(C)CNCC1CCC(N)CC1. The summed E-state index contributed by atoms with van der Waals surface area (Å²) < 4.78 is 5.17. The molecule has 0 bridgehead atoms. The Balaban J connectivity index is 2.02. The van der Waals surface area contributed by atoms with Crippen molar-refractivity contribution in [3.63, 3.8) is 0 Å². The molecule has 0 amide bonds. The highest BCUT2D eigenvalue weighted by Gasteiger charge is 2.17. The molecule has 0 radical (unpaired) electrons. The van der Waals surface area contributed by atoms with Crippen LogP contribution in [0.15, 0.2) is 0 Å². The summed E-state index contributed by atoms with van der Waals surface area (Å²) in [6.07, 6.45) is 5.30. The molecule has 0 aromatic carbocycles. The standard InChI is InChI=1S/C11H24N2O/c1-9(14-2)7-13-8-10-3-5-11(12)6-4-10/h9-11,13H,3-8,12H2,1-2H3. The first-order valence-electron chi connectivity index (χ1n) is 5.71. The van der Waals surface area contributed by atoms with Gasteiger partial charge in [0.1, 0.15) is 0 Å². The van der Waals surface area contributed by atoms with Gasteiger partial charge in [0.2, 0.25) is 0 Å². The Bertz CT molecular complexity index is 144. The predicted molar refractivity (Wildman–Crippen MR) is 59.3 cm³/mol. The lowest BCUT2D eigenvalue weighted by Crippen LogP contribution is -2.34. The Labute approximate surface area is 87.4 Å². The van der Waals surface area contributed by atoms with Gasteiger partial charge in [-0.3, -0.25) is 0 Å². The van der Waals surface area contributed by atoms with Crippen LogP contribution in [0, 0.1) is 5.92 Å². The van der Waals surface area contributed by atoms with E-state index >= 15 is 0 Å². The number of rotatable bonds is 5. The van der Waals surface area contributed by atoms with Crippen molar-refractivity contribution in [2.75, 3.05) is 20.2 Å². The van der Waals surface area contributed by atoms with E-state index in [0.29, 0.717) is 12.1 Å². The molecule has 1 aliphatic carbocycles. The van der Waals surface area contributed by atoms with Gasteiger partial charge in [0.25, 0.3) is 0 Å². The van der Waals surface area contributed by atoms with Crippen molar-refractivity contribution < 1.29 is 4.74 Å². The van der Waals surface area contributed by atoms with Crippen LogP contribution in [0.5, 0.6) is 0 Å².